The van der Waals surface area contributed by atoms with Gasteiger partial charge in [-0.2, -0.15) is 0 Å². The molecule has 30 heavy (non-hydrogen) atoms. The molecule has 2 fully saturated rings. The average Bonchev–Trinajstić information content (AvgIpc) is 2.78. The van der Waals surface area contributed by atoms with Gasteiger partial charge < -0.3 is 20.1 Å². The minimum atomic E-state index is -0.762. The molecule has 1 heterocycles. The standard InChI is InChI=1S/C25H33FN2O2/c26-23-17-21(9-10-24(23)30-19-20-7-3-1-4-8-20)22(18-28-15-13-27-14-16-28)25(29)11-5-2-6-12-25/h1,3-4,7-10,17,22,27,29H,2,5-6,11-16,18-19H2. The molecule has 2 aromatic carbocycles. The molecule has 0 radical (unpaired) electrons. The predicted molar refractivity (Wildman–Crippen MR) is 117 cm³/mol. The highest BCUT2D eigenvalue weighted by Gasteiger charge is 2.40. The van der Waals surface area contributed by atoms with Crippen molar-refractivity contribution in [1.29, 1.82) is 0 Å². The van der Waals surface area contributed by atoms with Gasteiger partial charge in [0.2, 0.25) is 0 Å². The van der Waals surface area contributed by atoms with Crippen LogP contribution in [0.2, 0.25) is 0 Å². The molecule has 162 valence electrons. The molecule has 0 amide bonds. The number of halogens is 1. The molecule has 0 bridgehead atoms. The van der Waals surface area contributed by atoms with Crippen molar-refractivity contribution in [2.45, 2.75) is 50.2 Å². The molecule has 1 aliphatic heterocycles. The summed E-state index contributed by atoms with van der Waals surface area (Å²) in [5.74, 6) is -0.180. The summed E-state index contributed by atoms with van der Waals surface area (Å²) in [4.78, 5) is 2.39. The van der Waals surface area contributed by atoms with Gasteiger partial charge >= 0.3 is 0 Å². The summed E-state index contributed by atoms with van der Waals surface area (Å²) in [6.45, 7) is 4.96. The summed E-state index contributed by atoms with van der Waals surface area (Å²) < 4.78 is 20.7. The van der Waals surface area contributed by atoms with E-state index in [0.717, 1.165) is 69.5 Å². The lowest BCUT2D eigenvalue weighted by molar-refractivity contribution is -0.0317. The highest BCUT2D eigenvalue weighted by atomic mass is 19.1. The van der Waals surface area contributed by atoms with Gasteiger partial charge in [-0.1, -0.05) is 55.7 Å². The van der Waals surface area contributed by atoms with Crippen LogP contribution >= 0.6 is 0 Å². The van der Waals surface area contributed by atoms with E-state index in [2.05, 4.69) is 10.2 Å². The molecule has 5 heteroatoms. The SMILES string of the molecule is OC1(C(CN2CCNCC2)c2ccc(OCc3ccccc3)c(F)c2)CCCCC1. The summed E-state index contributed by atoms with van der Waals surface area (Å²) >= 11 is 0. The van der Waals surface area contributed by atoms with Crippen LogP contribution in [0.3, 0.4) is 0 Å². The molecule has 1 atom stereocenters. The topological polar surface area (TPSA) is 44.7 Å². The van der Waals surface area contributed by atoms with E-state index in [1.807, 2.05) is 36.4 Å². The van der Waals surface area contributed by atoms with Gasteiger partial charge in [0.05, 0.1) is 5.60 Å². The molecule has 4 nitrogen and oxygen atoms in total. The van der Waals surface area contributed by atoms with Crippen molar-refractivity contribution >= 4 is 0 Å². The van der Waals surface area contributed by atoms with Gasteiger partial charge in [-0.25, -0.2) is 4.39 Å². The van der Waals surface area contributed by atoms with Crippen molar-refractivity contribution in [3.05, 3.63) is 65.5 Å². The van der Waals surface area contributed by atoms with Gasteiger partial charge in [0.15, 0.2) is 11.6 Å². The number of nitrogens with zero attached hydrogens (tertiary/aromatic N) is 1. The van der Waals surface area contributed by atoms with E-state index in [-0.39, 0.29) is 17.5 Å². The van der Waals surface area contributed by atoms with Gasteiger partial charge in [-0.15, -0.1) is 0 Å². The summed E-state index contributed by atoms with van der Waals surface area (Å²) in [7, 11) is 0. The van der Waals surface area contributed by atoms with Crippen LogP contribution in [0.5, 0.6) is 5.75 Å². The van der Waals surface area contributed by atoms with Crippen molar-refractivity contribution in [3.8, 4) is 5.75 Å². The van der Waals surface area contributed by atoms with Crippen LogP contribution in [0.25, 0.3) is 0 Å². The number of rotatable bonds is 7. The molecule has 2 N–H and O–H groups in total. The molecule has 4 rings (SSSR count). The molecule has 1 aliphatic carbocycles. The lowest BCUT2D eigenvalue weighted by Gasteiger charge is -2.42. The number of benzene rings is 2. The van der Waals surface area contributed by atoms with E-state index in [9.17, 15) is 9.50 Å². The van der Waals surface area contributed by atoms with E-state index in [4.69, 9.17) is 4.74 Å². The second-order valence-corrected chi connectivity index (χ2v) is 8.73. The molecular weight excluding hydrogens is 379 g/mol. The highest BCUT2D eigenvalue weighted by molar-refractivity contribution is 5.33. The third-order valence-corrected chi connectivity index (χ3v) is 6.61. The van der Waals surface area contributed by atoms with E-state index in [1.54, 1.807) is 12.1 Å². The average molecular weight is 413 g/mol. The van der Waals surface area contributed by atoms with E-state index >= 15 is 0 Å². The molecule has 1 saturated heterocycles. The summed E-state index contributed by atoms with van der Waals surface area (Å²) in [6.07, 6.45) is 4.82. The Morgan fingerprint density at radius 1 is 1.03 bits per heavy atom. The number of ether oxygens (including phenoxy) is 1. The second-order valence-electron chi connectivity index (χ2n) is 8.73. The second kappa shape index (κ2) is 9.90. The van der Waals surface area contributed by atoms with Gasteiger partial charge in [0.25, 0.3) is 0 Å². The van der Waals surface area contributed by atoms with Crippen LogP contribution in [-0.2, 0) is 6.61 Å². The van der Waals surface area contributed by atoms with Crippen molar-refractivity contribution in [3.63, 3.8) is 0 Å². The zero-order chi connectivity index (χ0) is 20.8. The Hall–Kier alpha value is -1.95. The Labute approximate surface area is 179 Å². The number of hydrogen-bond acceptors (Lipinski definition) is 4. The van der Waals surface area contributed by atoms with Crippen LogP contribution in [0, 0.1) is 5.82 Å². The fourth-order valence-corrected chi connectivity index (χ4v) is 4.84. The highest BCUT2D eigenvalue weighted by Crippen LogP contribution is 2.41. The Kier molecular flexibility index (Phi) is 7.03. The lowest BCUT2D eigenvalue weighted by Crippen LogP contribution is -2.49. The van der Waals surface area contributed by atoms with Gasteiger partial charge in [-0.3, -0.25) is 0 Å². The minimum absolute atomic E-state index is 0.0893. The third kappa shape index (κ3) is 5.20. The molecule has 2 aromatic rings. The first-order valence-corrected chi connectivity index (χ1v) is 11.3. The van der Waals surface area contributed by atoms with Crippen LogP contribution < -0.4 is 10.1 Å². The monoisotopic (exact) mass is 412 g/mol. The normalized spacial score (nSPS) is 20.6. The predicted octanol–water partition coefficient (Wildman–Crippen LogP) is 4.09. The molecule has 0 aromatic heterocycles. The first-order valence-electron chi connectivity index (χ1n) is 11.3. The number of piperazine rings is 1. The Bertz CT molecular complexity index is 802. The van der Waals surface area contributed by atoms with Crippen molar-refractivity contribution in [1.82, 2.24) is 10.2 Å². The van der Waals surface area contributed by atoms with Gasteiger partial charge in [-0.05, 0) is 36.1 Å². The number of nitrogens with one attached hydrogen (secondary N) is 1. The van der Waals surface area contributed by atoms with E-state index < -0.39 is 5.60 Å². The molecule has 2 aliphatic rings. The Morgan fingerprint density at radius 3 is 2.47 bits per heavy atom. The summed E-state index contributed by atoms with van der Waals surface area (Å²) in [5, 5.41) is 14.9. The van der Waals surface area contributed by atoms with Crippen molar-refractivity contribution in [2.24, 2.45) is 0 Å². The zero-order valence-corrected chi connectivity index (χ0v) is 17.7. The molecule has 0 spiro atoms. The third-order valence-electron chi connectivity index (χ3n) is 6.61. The van der Waals surface area contributed by atoms with Crippen LogP contribution in [0.1, 0.15) is 49.1 Å². The maximum absolute atomic E-state index is 15.0. The quantitative estimate of drug-likeness (QED) is 0.719. The van der Waals surface area contributed by atoms with Crippen molar-refractivity contribution < 1.29 is 14.2 Å². The van der Waals surface area contributed by atoms with Crippen LogP contribution in [0.15, 0.2) is 48.5 Å². The number of hydrogen-bond donors (Lipinski definition) is 2. The summed E-state index contributed by atoms with van der Waals surface area (Å²) in [5.41, 5.74) is 1.12. The Morgan fingerprint density at radius 2 is 1.77 bits per heavy atom. The first-order chi connectivity index (χ1) is 14.6. The zero-order valence-electron chi connectivity index (χ0n) is 17.7. The molecule has 1 unspecified atom stereocenters. The molecule has 1 saturated carbocycles. The minimum Gasteiger partial charge on any atom is -0.486 e. The fourth-order valence-electron chi connectivity index (χ4n) is 4.84. The van der Waals surface area contributed by atoms with Gasteiger partial charge in [0, 0.05) is 38.6 Å². The fraction of sp³-hybridized carbons (Fsp3) is 0.520. The smallest absolute Gasteiger partial charge is 0.165 e. The van der Waals surface area contributed by atoms with E-state index in [1.165, 1.54) is 6.42 Å². The van der Waals surface area contributed by atoms with Gasteiger partial charge in [0.1, 0.15) is 6.61 Å². The lowest BCUT2D eigenvalue weighted by atomic mass is 9.72. The maximum Gasteiger partial charge on any atom is 0.165 e. The number of aliphatic hydroxyl groups is 1. The Balaban J connectivity index is 1.52. The largest absolute Gasteiger partial charge is 0.486 e. The summed E-state index contributed by atoms with van der Waals surface area (Å²) in [6, 6.07) is 15.0. The van der Waals surface area contributed by atoms with Crippen LogP contribution in [0.4, 0.5) is 4.39 Å². The first kappa shape index (κ1) is 21.3. The maximum atomic E-state index is 15.0. The molecular formula is C25H33FN2O2. The van der Waals surface area contributed by atoms with E-state index in [0.29, 0.717) is 6.61 Å². The van der Waals surface area contributed by atoms with Crippen LogP contribution in [-0.4, -0.2) is 48.3 Å². The van der Waals surface area contributed by atoms with Crippen molar-refractivity contribution in [2.75, 3.05) is 32.7 Å².